The van der Waals surface area contributed by atoms with E-state index in [0.717, 1.165) is 5.39 Å². The second kappa shape index (κ2) is 6.71. The van der Waals surface area contributed by atoms with E-state index in [1.807, 2.05) is 0 Å². The number of hydrogen-bond donors (Lipinski definition) is 3. The van der Waals surface area contributed by atoms with Crippen molar-refractivity contribution in [3.05, 3.63) is 46.1 Å². The van der Waals surface area contributed by atoms with Crippen molar-refractivity contribution in [3.8, 4) is 11.4 Å². The van der Waals surface area contributed by atoms with E-state index in [1.54, 1.807) is 24.5 Å². The first-order valence-corrected chi connectivity index (χ1v) is 9.59. The fourth-order valence-electron chi connectivity index (χ4n) is 3.84. The normalized spacial score (nSPS) is 18.9. The van der Waals surface area contributed by atoms with Crippen LogP contribution in [0.5, 0.6) is 0 Å². The molecular weight excluding hydrogens is 416 g/mol. The van der Waals surface area contributed by atoms with Crippen molar-refractivity contribution in [2.75, 3.05) is 18.0 Å². The largest absolute Gasteiger partial charge is 0.347 e. The Hall–Kier alpha value is -3.11. The number of piperidine rings is 1. The molecular formula is C19H16ClF2N7O. The van der Waals surface area contributed by atoms with E-state index < -0.39 is 18.5 Å². The highest BCUT2D eigenvalue weighted by atomic mass is 35.5. The summed E-state index contributed by atoms with van der Waals surface area (Å²) in [6.45, 7) is -0.337. The molecule has 0 saturated carbocycles. The number of hydrogen-bond acceptors (Lipinski definition) is 6. The first kappa shape index (κ1) is 18.9. The zero-order valence-corrected chi connectivity index (χ0v) is 16.2. The van der Waals surface area contributed by atoms with Gasteiger partial charge in [-0.25, -0.2) is 18.7 Å². The van der Waals surface area contributed by atoms with Crippen molar-refractivity contribution >= 4 is 39.4 Å². The maximum atomic E-state index is 14.1. The lowest BCUT2D eigenvalue weighted by atomic mass is 10.0. The third kappa shape index (κ3) is 3.27. The summed E-state index contributed by atoms with van der Waals surface area (Å²) in [5, 5.41) is 0.845. The van der Waals surface area contributed by atoms with Gasteiger partial charge in [0.1, 0.15) is 16.5 Å². The molecule has 1 saturated heterocycles. The van der Waals surface area contributed by atoms with Crippen LogP contribution in [0.1, 0.15) is 6.42 Å². The summed E-state index contributed by atoms with van der Waals surface area (Å²) in [6, 6.07) is 4.19. The molecule has 0 spiro atoms. The SMILES string of the molecule is NC1CN(c2nc(Cl)cc3[nH]c(-c4cc5cnccc5[nH]c4=O)nc23)CC(F)(F)C1. The molecule has 1 aliphatic rings. The Labute approximate surface area is 173 Å². The Kier molecular flexibility index (Phi) is 4.23. The summed E-state index contributed by atoms with van der Waals surface area (Å²) in [5.74, 6) is -2.47. The van der Waals surface area contributed by atoms with Gasteiger partial charge >= 0.3 is 0 Å². The average molecular weight is 432 g/mol. The molecule has 1 unspecified atom stereocenters. The van der Waals surface area contributed by atoms with Crippen molar-refractivity contribution in [2.24, 2.45) is 5.73 Å². The number of nitrogens with one attached hydrogen (secondary N) is 2. The number of aromatic nitrogens is 5. The van der Waals surface area contributed by atoms with Crippen LogP contribution in [0.15, 0.2) is 35.4 Å². The van der Waals surface area contributed by atoms with E-state index in [4.69, 9.17) is 17.3 Å². The van der Waals surface area contributed by atoms with Crippen molar-refractivity contribution < 1.29 is 8.78 Å². The fraction of sp³-hybridized carbons (Fsp3) is 0.263. The quantitative estimate of drug-likeness (QED) is 0.420. The lowest BCUT2D eigenvalue weighted by molar-refractivity contribution is -0.0173. The van der Waals surface area contributed by atoms with E-state index in [9.17, 15) is 13.6 Å². The maximum absolute atomic E-state index is 14.1. The van der Waals surface area contributed by atoms with Gasteiger partial charge in [0, 0.05) is 42.9 Å². The maximum Gasteiger partial charge on any atom is 0.266 e. The van der Waals surface area contributed by atoms with E-state index in [-0.39, 0.29) is 40.9 Å². The highest BCUT2D eigenvalue weighted by molar-refractivity contribution is 6.30. The molecule has 0 radical (unpaired) electrons. The lowest BCUT2D eigenvalue weighted by Crippen LogP contribution is -2.52. The van der Waals surface area contributed by atoms with Gasteiger partial charge in [-0.1, -0.05) is 11.6 Å². The van der Waals surface area contributed by atoms with Gasteiger partial charge in [0.15, 0.2) is 5.82 Å². The fourth-order valence-corrected chi connectivity index (χ4v) is 4.03. The number of alkyl halides is 2. The molecule has 4 aromatic rings. The van der Waals surface area contributed by atoms with Crippen LogP contribution in [-0.2, 0) is 0 Å². The van der Waals surface area contributed by atoms with Crippen LogP contribution in [-0.4, -0.2) is 50.0 Å². The topological polar surface area (TPSA) is 117 Å². The van der Waals surface area contributed by atoms with Crippen LogP contribution in [0.4, 0.5) is 14.6 Å². The highest BCUT2D eigenvalue weighted by Crippen LogP contribution is 2.34. The summed E-state index contributed by atoms with van der Waals surface area (Å²) in [6.07, 6.45) is 2.82. The molecule has 154 valence electrons. The van der Waals surface area contributed by atoms with Gasteiger partial charge in [-0.15, -0.1) is 0 Å². The van der Waals surface area contributed by atoms with Gasteiger partial charge in [0.05, 0.1) is 23.1 Å². The van der Waals surface area contributed by atoms with E-state index in [1.165, 1.54) is 11.0 Å². The van der Waals surface area contributed by atoms with Gasteiger partial charge in [0.2, 0.25) is 0 Å². The van der Waals surface area contributed by atoms with Crippen molar-refractivity contribution in [2.45, 2.75) is 18.4 Å². The Morgan fingerprint density at radius 3 is 2.87 bits per heavy atom. The number of imidazole rings is 1. The minimum absolute atomic E-state index is 0.117. The second-order valence-corrected chi connectivity index (χ2v) is 7.81. The molecule has 0 amide bonds. The Morgan fingerprint density at radius 2 is 2.07 bits per heavy atom. The van der Waals surface area contributed by atoms with E-state index >= 15 is 0 Å². The predicted octanol–water partition coefficient (Wildman–Crippen LogP) is 2.69. The zero-order chi connectivity index (χ0) is 21.0. The lowest BCUT2D eigenvalue weighted by Gasteiger charge is -2.36. The molecule has 5 heterocycles. The van der Waals surface area contributed by atoms with Crippen molar-refractivity contribution in [3.63, 3.8) is 0 Å². The standard InChI is InChI=1S/C19H16ClF2N7O/c20-14-4-13-15(17(27-14)29-7-10(23)5-19(21,22)8-29)28-16(25-13)11-3-9-6-24-2-1-12(9)26-18(11)30/h1-4,6,10H,5,7-8,23H2,(H,25,28)(H,26,30). The molecule has 0 bridgehead atoms. The highest BCUT2D eigenvalue weighted by Gasteiger charge is 2.40. The molecule has 4 aromatic heterocycles. The molecule has 0 aliphatic carbocycles. The van der Waals surface area contributed by atoms with Gasteiger partial charge in [-0.3, -0.25) is 9.78 Å². The van der Waals surface area contributed by atoms with Crippen LogP contribution < -0.4 is 16.2 Å². The van der Waals surface area contributed by atoms with Gasteiger partial charge in [-0.2, -0.15) is 0 Å². The molecule has 1 fully saturated rings. The van der Waals surface area contributed by atoms with Crippen molar-refractivity contribution in [1.29, 1.82) is 0 Å². The number of anilines is 1. The third-order valence-electron chi connectivity index (χ3n) is 5.06. The number of nitrogens with two attached hydrogens (primary N) is 1. The minimum Gasteiger partial charge on any atom is -0.347 e. The molecule has 1 atom stereocenters. The Bertz CT molecular complexity index is 1340. The van der Waals surface area contributed by atoms with Crippen LogP contribution in [0, 0.1) is 0 Å². The zero-order valence-electron chi connectivity index (χ0n) is 15.5. The predicted molar refractivity (Wildman–Crippen MR) is 110 cm³/mol. The van der Waals surface area contributed by atoms with Gasteiger partial charge in [-0.05, 0) is 12.1 Å². The molecule has 11 heteroatoms. The third-order valence-corrected chi connectivity index (χ3v) is 5.25. The Balaban J connectivity index is 1.66. The number of halogens is 3. The molecule has 5 rings (SSSR count). The number of H-pyrrole nitrogens is 2. The van der Waals surface area contributed by atoms with Crippen LogP contribution in [0.25, 0.3) is 33.3 Å². The minimum atomic E-state index is -2.95. The first-order chi connectivity index (χ1) is 14.3. The smallest absolute Gasteiger partial charge is 0.266 e. The molecule has 1 aliphatic heterocycles. The number of rotatable bonds is 2. The monoisotopic (exact) mass is 431 g/mol. The van der Waals surface area contributed by atoms with Crippen molar-refractivity contribution in [1.82, 2.24) is 24.9 Å². The number of nitrogens with zero attached hydrogens (tertiary/aromatic N) is 4. The summed E-state index contributed by atoms with van der Waals surface area (Å²) >= 11 is 6.13. The number of aromatic amines is 2. The molecule has 4 N–H and O–H groups in total. The Morgan fingerprint density at radius 1 is 1.23 bits per heavy atom. The van der Waals surface area contributed by atoms with E-state index in [2.05, 4.69) is 24.9 Å². The van der Waals surface area contributed by atoms with Gasteiger partial charge in [0.25, 0.3) is 11.5 Å². The summed E-state index contributed by atoms with van der Waals surface area (Å²) < 4.78 is 28.2. The second-order valence-electron chi connectivity index (χ2n) is 7.43. The summed E-state index contributed by atoms with van der Waals surface area (Å²) in [5.41, 5.74) is 7.23. The summed E-state index contributed by atoms with van der Waals surface area (Å²) in [7, 11) is 0. The van der Waals surface area contributed by atoms with Crippen LogP contribution in [0.3, 0.4) is 0 Å². The average Bonchev–Trinajstić information content (AvgIpc) is 3.08. The molecule has 0 aromatic carbocycles. The molecule has 8 nitrogen and oxygen atoms in total. The van der Waals surface area contributed by atoms with E-state index in [0.29, 0.717) is 16.6 Å². The van der Waals surface area contributed by atoms with Crippen LogP contribution >= 0.6 is 11.6 Å². The summed E-state index contributed by atoms with van der Waals surface area (Å²) in [4.78, 5) is 32.6. The first-order valence-electron chi connectivity index (χ1n) is 9.21. The number of fused-ring (bicyclic) bond motifs is 2. The molecule has 30 heavy (non-hydrogen) atoms. The van der Waals surface area contributed by atoms with Gasteiger partial charge < -0.3 is 20.6 Å². The van der Waals surface area contributed by atoms with Crippen LogP contribution in [0.2, 0.25) is 5.15 Å². The number of pyridine rings is 3.